The first-order valence-corrected chi connectivity index (χ1v) is 6.97. The lowest BCUT2D eigenvalue weighted by atomic mass is 10.2. The Morgan fingerprint density at radius 1 is 1.39 bits per heavy atom. The van der Waals surface area contributed by atoms with E-state index in [1.807, 2.05) is 13.8 Å². The lowest BCUT2D eigenvalue weighted by Crippen LogP contribution is -2.13. The van der Waals surface area contributed by atoms with Gasteiger partial charge in [-0.2, -0.15) is 0 Å². The van der Waals surface area contributed by atoms with E-state index in [-0.39, 0.29) is 11.9 Å². The van der Waals surface area contributed by atoms with Gasteiger partial charge in [-0.1, -0.05) is 13.3 Å². The topological polar surface area (TPSA) is 55.4 Å². The van der Waals surface area contributed by atoms with E-state index in [4.69, 9.17) is 4.74 Å². The van der Waals surface area contributed by atoms with Gasteiger partial charge in [0.25, 0.3) is 0 Å². The van der Waals surface area contributed by atoms with Crippen LogP contribution in [0.5, 0.6) is 0 Å². The first-order valence-electron chi connectivity index (χ1n) is 6.15. The number of rotatable bonds is 6. The predicted molar refractivity (Wildman–Crippen MR) is 73.2 cm³/mol. The maximum absolute atomic E-state index is 11.7. The fourth-order valence-electron chi connectivity index (χ4n) is 1.49. The van der Waals surface area contributed by atoms with Crippen molar-refractivity contribution in [3.63, 3.8) is 0 Å². The van der Waals surface area contributed by atoms with Crippen molar-refractivity contribution < 1.29 is 14.3 Å². The van der Waals surface area contributed by atoms with Crippen molar-refractivity contribution in [3.05, 3.63) is 16.5 Å². The Labute approximate surface area is 111 Å². The van der Waals surface area contributed by atoms with Crippen LogP contribution in [-0.4, -0.2) is 18.5 Å². The molecule has 1 aromatic heterocycles. The third-order valence-corrected chi connectivity index (χ3v) is 3.33. The number of hydrogen-bond acceptors (Lipinski definition) is 4. The number of nitrogens with one attached hydrogen (secondary N) is 1. The molecule has 1 N–H and O–H groups in total. The third-order valence-electron chi connectivity index (χ3n) is 2.36. The summed E-state index contributed by atoms with van der Waals surface area (Å²) in [5.41, 5.74) is 0.448. The summed E-state index contributed by atoms with van der Waals surface area (Å²) in [6, 6.07) is 1.75. The number of thiophene rings is 1. The van der Waals surface area contributed by atoms with Crippen molar-refractivity contribution in [1.29, 1.82) is 0 Å². The molecule has 100 valence electrons. The molecule has 1 heterocycles. The summed E-state index contributed by atoms with van der Waals surface area (Å²) in [6.45, 7) is 6.02. The van der Waals surface area contributed by atoms with Crippen LogP contribution in [-0.2, 0) is 9.53 Å². The molecule has 0 aliphatic rings. The minimum absolute atomic E-state index is 0.0516. The van der Waals surface area contributed by atoms with E-state index in [0.717, 1.165) is 17.7 Å². The lowest BCUT2D eigenvalue weighted by molar-refractivity contribution is -0.116. The number of amides is 1. The number of unbranched alkanes of at least 4 members (excludes halogenated alkanes) is 1. The van der Waals surface area contributed by atoms with E-state index in [9.17, 15) is 9.59 Å². The summed E-state index contributed by atoms with van der Waals surface area (Å²) >= 11 is 1.40. The molecule has 18 heavy (non-hydrogen) atoms. The van der Waals surface area contributed by atoms with Gasteiger partial charge in [0.15, 0.2) is 0 Å². The normalized spacial score (nSPS) is 10.2. The van der Waals surface area contributed by atoms with Crippen LogP contribution >= 0.6 is 11.3 Å². The largest absolute Gasteiger partial charge is 0.462 e. The monoisotopic (exact) mass is 269 g/mol. The van der Waals surface area contributed by atoms with Gasteiger partial charge < -0.3 is 10.1 Å². The van der Waals surface area contributed by atoms with Crippen LogP contribution in [0, 0.1) is 6.92 Å². The van der Waals surface area contributed by atoms with E-state index in [2.05, 4.69) is 5.32 Å². The summed E-state index contributed by atoms with van der Waals surface area (Å²) in [6.07, 6.45) is 2.31. The second kappa shape index (κ2) is 7.16. The summed E-state index contributed by atoms with van der Waals surface area (Å²) in [5, 5.41) is 3.37. The fraction of sp³-hybridized carbons (Fsp3) is 0.538. The average molecular weight is 269 g/mol. The molecule has 0 unspecified atom stereocenters. The molecule has 0 saturated heterocycles. The quantitative estimate of drug-likeness (QED) is 0.806. The molecule has 5 heteroatoms. The summed E-state index contributed by atoms with van der Waals surface area (Å²) in [4.78, 5) is 24.3. The lowest BCUT2D eigenvalue weighted by Gasteiger charge is -2.05. The molecular formula is C13H19NO3S. The molecule has 1 amide bonds. The third kappa shape index (κ3) is 4.14. The highest BCUT2D eigenvalue weighted by Crippen LogP contribution is 2.28. The van der Waals surface area contributed by atoms with Crippen LogP contribution in [0.3, 0.4) is 0 Å². The van der Waals surface area contributed by atoms with Crippen LogP contribution in [0.4, 0.5) is 5.00 Å². The van der Waals surface area contributed by atoms with Crippen LogP contribution in [0.1, 0.15) is 48.3 Å². The van der Waals surface area contributed by atoms with Gasteiger partial charge in [0.2, 0.25) is 5.91 Å². The van der Waals surface area contributed by atoms with Gasteiger partial charge in [-0.15, -0.1) is 11.3 Å². The molecule has 0 bridgehead atoms. The zero-order valence-corrected chi connectivity index (χ0v) is 11.9. The highest BCUT2D eigenvalue weighted by Gasteiger charge is 2.17. The molecule has 0 radical (unpaired) electrons. The predicted octanol–water partition coefficient (Wildman–Crippen LogP) is 3.36. The number of anilines is 1. The number of esters is 1. The fourth-order valence-corrected chi connectivity index (χ4v) is 2.41. The molecule has 0 spiro atoms. The van der Waals surface area contributed by atoms with Crippen molar-refractivity contribution >= 4 is 28.2 Å². The second-order valence-corrected chi connectivity index (χ2v) is 5.23. The first-order chi connectivity index (χ1) is 8.58. The summed E-state index contributed by atoms with van der Waals surface area (Å²) < 4.78 is 4.96. The minimum atomic E-state index is -0.382. The maximum Gasteiger partial charge on any atom is 0.341 e. The van der Waals surface area contributed by atoms with Crippen LogP contribution in [0.25, 0.3) is 0 Å². The van der Waals surface area contributed by atoms with Crippen LogP contribution in [0.2, 0.25) is 0 Å². The highest BCUT2D eigenvalue weighted by molar-refractivity contribution is 7.16. The molecule has 0 atom stereocenters. The van der Waals surface area contributed by atoms with E-state index in [0.29, 0.717) is 23.6 Å². The van der Waals surface area contributed by atoms with Crippen LogP contribution < -0.4 is 5.32 Å². The SMILES string of the molecule is CCCCC(=O)Nc1sc(C)cc1C(=O)OCC. The van der Waals surface area contributed by atoms with Crippen molar-refractivity contribution in [2.45, 2.75) is 40.0 Å². The van der Waals surface area contributed by atoms with Crippen molar-refractivity contribution in [1.82, 2.24) is 0 Å². The van der Waals surface area contributed by atoms with Gasteiger partial charge in [0.05, 0.1) is 12.2 Å². The van der Waals surface area contributed by atoms with E-state index >= 15 is 0 Å². The smallest absolute Gasteiger partial charge is 0.341 e. The number of aryl methyl sites for hydroxylation is 1. The number of ether oxygens (including phenoxy) is 1. The molecule has 0 aliphatic carbocycles. The molecular weight excluding hydrogens is 250 g/mol. The number of hydrogen-bond donors (Lipinski definition) is 1. The molecule has 0 aromatic carbocycles. The Bertz CT molecular complexity index is 426. The minimum Gasteiger partial charge on any atom is -0.462 e. The Hall–Kier alpha value is -1.36. The van der Waals surface area contributed by atoms with Gasteiger partial charge in [0, 0.05) is 11.3 Å². The van der Waals surface area contributed by atoms with Crippen molar-refractivity contribution in [2.24, 2.45) is 0 Å². The van der Waals surface area contributed by atoms with Crippen molar-refractivity contribution in [3.8, 4) is 0 Å². The Morgan fingerprint density at radius 3 is 2.72 bits per heavy atom. The van der Waals surface area contributed by atoms with Gasteiger partial charge in [-0.3, -0.25) is 4.79 Å². The van der Waals surface area contributed by atoms with E-state index in [1.165, 1.54) is 11.3 Å². The first kappa shape index (κ1) is 14.7. The van der Waals surface area contributed by atoms with Gasteiger partial charge in [-0.25, -0.2) is 4.79 Å². The highest BCUT2D eigenvalue weighted by atomic mass is 32.1. The van der Waals surface area contributed by atoms with Gasteiger partial charge in [-0.05, 0) is 26.3 Å². The summed E-state index contributed by atoms with van der Waals surface area (Å²) in [5.74, 6) is -0.433. The molecule has 1 aromatic rings. The molecule has 4 nitrogen and oxygen atoms in total. The van der Waals surface area contributed by atoms with Crippen LogP contribution in [0.15, 0.2) is 6.07 Å². The molecule has 0 saturated carbocycles. The zero-order chi connectivity index (χ0) is 13.5. The average Bonchev–Trinajstić information content (AvgIpc) is 2.68. The maximum atomic E-state index is 11.7. The standard InChI is InChI=1S/C13H19NO3S/c1-4-6-7-11(15)14-12-10(8-9(3)18-12)13(16)17-5-2/h8H,4-7H2,1-3H3,(H,14,15). The zero-order valence-electron chi connectivity index (χ0n) is 11.0. The number of carbonyl (C=O) groups excluding carboxylic acids is 2. The van der Waals surface area contributed by atoms with E-state index in [1.54, 1.807) is 13.0 Å². The van der Waals surface area contributed by atoms with Gasteiger partial charge in [0.1, 0.15) is 5.00 Å². The number of carbonyl (C=O) groups is 2. The second-order valence-electron chi connectivity index (χ2n) is 3.97. The Morgan fingerprint density at radius 2 is 2.11 bits per heavy atom. The Balaban J connectivity index is 2.75. The van der Waals surface area contributed by atoms with Crippen molar-refractivity contribution in [2.75, 3.05) is 11.9 Å². The van der Waals surface area contributed by atoms with Gasteiger partial charge >= 0.3 is 5.97 Å². The Kier molecular flexibility index (Phi) is 5.85. The molecule has 1 rings (SSSR count). The molecule has 0 fully saturated rings. The van der Waals surface area contributed by atoms with E-state index < -0.39 is 0 Å². The molecule has 0 aliphatic heterocycles. The summed E-state index contributed by atoms with van der Waals surface area (Å²) in [7, 11) is 0.